The molecule has 1 saturated heterocycles. The van der Waals surface area contributed by atoms with Crippen LogP contribution < -0.4 is 27.4 Å². The minimum absolute atomic E-state index is 0.0261. The highest BCUT2D eigenvalue weighted by molar-refractivity contribution is 6.36. The lowest BCUT2D eigenvalue weighted by Crippen LogP contribution is -2.59. The van der Waals surface area contributed by atoms with Gasteiger partial charge in [-0.15, -0.1) is 0 Å². The Bertz CT molecular complexity index is 1620. The maximum Gasteiger partial charge on any atom is 0.271 e. The van der Waals surface area contributed by atoms with Crippen LogP contribution in [0.15, 0.2) is 59.8 Å². The highest BCUT2D eigenvalue weighted by Crippen LogP contribution is 2.37. The zero-order valence-electron chi connectivity index (χ0n) is 27.7. The zero-order chi connectivity index (χ0) is 35.8. The lowest BCUT2D eigenvalue weighted by molar-refractivity contribution is -0.138. The molecule has 2 aromatic carbocycles. The average Bonchev–Trinajstić information content (AvgIpc) is 3.42. The van der Waals surface area contributed by atoms with Gasteiger partial charge in [-0.25, -0.2) is 4.39 Å². The third-order valence-electron chi connectivity index (χ3n) is 8.39. The summed E-state index contributed by atoms with van der Waals surface area (Å²) in [5.41, 5.74) is 12.8. The molecule has 0 aromatic heterocycles. The van der Waals surface area contributed by atoms with Gasteiger partial charge in [0.05, 0.1) is 15.6 Å². The van der Waals surface area contributed by atoms with E-state index in [4.69, 9.17) is 39.4 Å². The van der Waals surface area contributed by atoms with Crippen molar-refractivity contribution in [1.29, 1.82) is 0 Å². The summed E-state index contributed by atoms with van der Waals surface area (Å²) in [5.74, 6) is -1.34. The summed E-state index contributed by atoms with van der Waals surface area (Å²) in [4.78, 5) is 54.2. The Morgan fingerprint density at radius 3 is 2.27 bits per heavy atom. The summed E-state index contributed by atoms with van der Waals surface area (Å²) < 4.78 is 19.7. The van der Waals surface area contributed by atoms with E-state index in [0.717, 1.165) is 31.7 Å². The van der Waals surface area contributed by atoms with Gasteiger partial charge in [-0.2, -0.15) is 0 Å². The minimum Gasteiger partial charge on any atom is -0.462 e. The number of carbonyl (C=O) groups is 4. The summed E-state index contributed by atoms with van der Waals surface area (Å²) in [7, 11) is 1.62. The van der Waals surface area contributed by atoms with Gasteiger partial charge in [0.15, 0.2) is 5.76 Å². The lowest BCUT2D eigenvalue weighted by atomic mass is 10.0. The Balaban J connectivity index is 1.28. The first-order chi connectivity index (χ1) is 23.3. The molecule has 2 aliphatic rings. The number of benzene rings is 2. The maximum absolute atomic E-state index is 14.0. The van der Waals surface area contributed by atoms with Crippen molar-refractivity contribution in [2.24, 2.45) is 11.5 Å². The van der Waals surface area contributed by atoms with Gasteiger partial charge in [-0.1, -0.05) is 36.0 Å². The molecule has 0 unspecified atom stereocenters. The Hall–Kier alpha value is -4.49. The van der Waals surface area contributed by atoms with Gasteiger partial charge in [0.1, 0.15) is 17.3 Å². The number of unbranched alkanes of at least 4 members (excludes halogenated alkanes) is 3. The second-order valence-electron chi connectivity index (χ2n) is 12.1. The van der Waals surface area contributed by atoms with E-state index < -0.39 is 18.0 Å². The van der Waals surface area contributed by atoms with Crippen molar-refractivity contribution < 1.29 is 28.3 Å². The lowest BCUT2D eigenvalue weighted by Gasteiger charge is -2.44. The van der Waals surface area contributed by atoms with Crippen molar-refractivity contribution in [2.45, 2.75) is 70.7 Å². The summed E-state index contributed by atoms with van der Waals surface area (Å²) in [5, 5.41) is 8.00. The Morgan fingerprint density at radius 2 is 1.63 bits per heavy atom. The Labute approximate surface area is 295 Å². The van der Waals surface area contributed by atoms with Crippen LogP contribution in [0.5, 0.6) is 0 Å². The summed E-state index contributed by atoms with van der Waals surface area (Å²) in [6.07, 6.45) is 4.49. The van der Waals surface area contributed by atoms with E-state index in [2.05, 4.69) is 16.0 Å². The third kappa shape index (κ3) is 9.36. The topological polar surface area (TPSA) is 172 Å². The molecule has 2 aliphatic heterocycles. The number of nitrogens with zero attached hydrogens (tertiary/aromatic N) is 2. The van der Waals surface area contributed by atoms with Gasteiger partial charge < -0.3 is 42.0 Å². The molecule has 1 fully saturated rings. The molecule has 0 spiro atoms. The molecule has 264 valence electrons. The number of allylic oxidation sites excluding steroid dienone is 1. The molecule has 4 amide bonds. The van der Waals surface area contributed by atoms with Gasteiger partial charge in [-0.05, 0) is 63.1 Å². The quantitative estimate of drug-likeness (QED) is 0.121. The number of rotatable bonds is 12. The van der Waals surface area contributed by atoms with Crippen molar-refractivity contribution in [3.05, 3.63) is 86.7 Å². The van der Waals surface area contributed by atoms with Crippen LogP contribution in [0.3, 0.4) is 0 Å². The van der Waals surface area contributed by atoms with Crippen LogP contribution in [-0.2, 0) is 19.1 Å². The fraction of sp³-hybridized carbons (Fsp3) is 0.412. The molecule has 0 bridgehead atoms. The first-order valence-corrected chi connectivity index (χ1v) is 16.8. The van der Waals surface area contributed by atoms with E-state index in [1.165, 1.54) is 12.1 Å². The van der Waals surface area contributed by atoms with Crippen LogP contribution >= 0.6 is 23.2 Å². The van der Waals surface area contributed by atoms with E-state index in [1.54, 1.807) is 36.2 Å². The highest BCUT2D eigenvalue weighted by atomic mass is 35.5. The Morgan fingerprint density at radius 1 is 1.00 bits per heavy atom. The number of nitrogens with two attached hydrogens (primary N) is 2. The van der Waals surface area contributed by atoms with E-state index >= 15 is 0 Å². The molecule has 7 N–H and O–H groups in total. The minimum atomic E-state index is -1.000. The molecule has 15 heteroatoms. The fourth-order valence-electron chi connectivity index (χ4n) is 5.90. The zero-order valence-corrected chi connectivity index (χ0v) is 29.2. The van der Waals surface area contributed by atoms with Crippen LogP contribution in [-0.4, -0.2) is 65.6 Å². The second kappa shape index (κ2) is 16.8. The van der Waals surface area contributed by atoms with E-state index in [9.17, 15) is 23.6 Å². The van der Waals surface area contributed by atoms with Crippen LogP contribution in [0, 0.1) is 5.82 Å². The van der Waals surface area contributed by atoms with Gasteiger partial charge in [-0.3, -0.25) is 19.2 Å². The predicted molar refractivity (Wildman–Crippen MR) is 185 cm³/mol. The molecule has 4 rings (SSSR count). The highest BCUT2D eigenvalue weighted by Gasteiger charge is 2.35. The number of carbonyl (C=O) groups excluding carboxylic acids is 4. The molecule has 2 aromatic rings. The smallest absolute Gasteiger partial charge is 0.271 e. The number of nitrogens with one attached hydrogen (secondary N) is 3. The number of halogens is 3. The van der Waals surface area contributed by atoms with E-state index in [1.807, 2.05) is 18.7 Å². The number of ether oxygens (including phenoxy) is 1. The van der Waals surface area contributed by atoms with Crippen molar-refractivity contribution in [3.63, 3.8) is 0 Å². The summed E-state index contributed by atoms with van der Waals surface area (Å²) >= 11 is 12.3. The molecule has 0 radical (unpaired) electrons. The SMILES string of the molecule is CNC(=O)CCCCCCC(=O)N1[C@H](C)CN(C(=O)c2ccc(NC(=O)/C(N)=C/C3=C(N)N[C@H](c4c(Cl)ccc(F)c4Cl)O3)cc2)C[C@@H]1C. The van der Waals surface area contributed by atoms with Gasteiger partial charge in [0.25, 0.3) is 11.8 Å². The first-order valence-electron chi connectivity index (χ1n) is 16.1. The van der Waals surface area contributed by atoms with Crippen LogP contribution in [0.25, 0.3) is 0 Å². The van der Waals surface area contributed by atoms with E-state index in [0.29, 0.717) is 37.2 Å². The van der Waals surface area contributed by atoms with Gasteiger partial charge >= 0.3 is 0 Å². The molecule has 0 saturated carbocycles. The third-order valence-corrected chi connectivity index (χ3v) is 9.11. The molecule has 3 atom stereocenters. The normalized spacial score (nSPS) is 19.3. The Kier molecular flexibility index (Phi) is 12.8. The standard InChI is InChI=1S/C34H42Cl2FN7O5/c1-19-17-43(18-20(2)44(19)28(46)9-7-5-4-6-8-27(45)40-3)34(48)21-10-12-22(13-11-21)41-32(47)25(38)16-26-31(39)42-33(49-26)29-23(35)14-15-24(37)30(29)36/h10-16,19-20,33,42H,4-9,17-18,38-39H2,1-3H3,(H,40,45)(H,41,47)/b25-16-/t19-,20+,33-/m0/s1. The summed E-state index contributed by atoms with van der Waals surface area (Å²) in [6, 6.07) is 8.55. The van der Waals surface area contributed by atoms with Crippen molar-refractivity contribution >= 4 is 52.5 Å². The molecule has 12 nitrogen and oxygen atoms in total. The van der Waals surface area contributed by atoms with Crippen molar-refractivity contribution in [3.8, 4) is 0 Å². The molecule has 2 heterocycles. The second-order valence-corrected chi connectivity index (χ2v) is 12.9. The molecule has 49 heavy (non-hydrogen) atoms. The van der Waals surface area contributed by atoms with Crippen LogP contribution in [0.2, 0.25) is 10.0 Å². The van der Waals surface area contributed by atoms with E-state index in [-0.39, 0.29) is 62.7 Å². The maximum atomic E-state index is 14.0. The predicted octanol–water partition coefficient (Wildman–Crippen LogP) is 4.51. The monoisotopic (exact) mass is 717 g/mol. The molecular weight excluding hydrogens is 676 g/mol. The number of hydrogen-bond donors (Lipinski definition) is 5. The number of hydrogen-bond acceptors (Lipinski definition) is 8. The number of piperazine rings is 1. The van der Waals surface area contributed by atoms with Gasteiger partial charge in [0.2, 0.25) is 18.0 Å². The van der Waals surface area contributed by atoms with Gasteiger partial charge in [0, 0.05) is 62.4 Å². The fourth-order valence-corrected chi connectivity index (χ4v) is 6.47. The number of anilines is 1. The van der Waals surface area contributed by atoms with Crippen molar-refractivity contribution in [2.75, 3.05) is 25.5 Å². The van der Waals surface area contributed by atoms with Crippen LogP contribution in [0.4, 0.5) is 10.1 Å². The van der Waals surface area contributed by atoms with Crippen molar-refractivity contribution in [1.82, 2.24) is 20.4 Å². The molecular formula is C34H42Cl2FN7O5. The molecule has 0 aliphatic carbocycles. The summed E-state index contributed by atoms with van der Waals surface area (Å²) in [6.45, 7) is 4.68. The first kappa shape index (κ1) is 37.3. The average molecular weight is 719 g/mol. The largest absolute Gasteiger partial charge is 0.462 e. The number of amides is 4. The van der Waals surface area contributed by atoms with Crippen LogP contribution in [0.1, 0.15) is 74.5 Å².